The molecular weight excluding hydrogens is 229 g/mol. The lowest BCUT2D eigenvalue weighted by molar-refractivity contribution is 0.628. The number of hydrogen-bond acceptors (Lipinski definition) is 3. The van der Waals surface area contributed by atoms with E-state index < -0.39 is 0 Å². The van der Waals surface area contributed by atoms with Gasteiger partial charge >= 0.3 is 0 Å². The Morgan fingerprint density at radius 1 is 1.22 bits per heavy atom. The van der Waals surface area contributed by atoms with Crippen molar-refractivity contribution < 1.29 is 4.39 Å². The second-order valence-corrected chi connectivity index (χ2v) is 4.13. The highest BCUT2D eigenvalue weighted by molar-refractivity contribution is 5.68. The van der Waals surface area contributed by atoms with Crippen molar-refractivity contribution in [2.24, 2.45) is 0 Å². The van der Waals surface area contributed by atoms with Crippen LogP contribution in [0.5, 0.6) is 0 Å². The molecule has 1 aromatic carbocycles. The fraction of sp³-hybridized carbons (Fsp3) is 0.286. The van der Waals surface area contributed by atoms with E-state index >= 15 is 0 Å². The average molecular weight is 245 g/mol. The van der Waals surface area contributed by atoms with E-state index in [1.54, 1.807) is 6.07 Å². The number of rotatable bonds is 3. The minimum Gasteiger partial charge on any atom is -0.370 e. The highest BCUT2D eigenvalue weighted by Gasteiger charge is 2.10. The summed E-state index contributed by atoms with van der Waals surface area (Å²) in [6.45, 7) is 6.58. The number of halogens is 1. The van der Waals surface area contributed by atoms with Crippen LogP contribution in [0.2, 0.25) is 0 Å². The van der Waals surface area contributed by atoms with E-state index in [2.05, 4.69) is 15.3 Å². The number of benzene rings is 1. The lowest BCUT2D eigenvalue weighted by Gasteiger charge is -2.12. The van der Waals surface area contributed by atoms with E-state index in [1.807, 2.05) is 26.8 Å². The standard InChI is InChI=1S/C14H16FN3/c1-4-16-14-9(2)13(17-10(3)18-14)11-6-5-7-12(15)8-11/h5-8H,4H2,1-3H3,(H,16,17,18). The largest absolute Gasteiger partial charge is 0.370 e. The fourth-order valence-corrected chi connectivity index (χ4v) is 1.88. The molecule has 0 saturated carbocycles. The van der Waals surface area contributed by atoms with Crippen LogP contribution in [0, 0.1) is 19.7 Å². The van der Waals surface area contributed by atoms with Gasteiger partial charge in [0.1, 0.15) is 17.5 Å². The Labute approximate surface area is 106 Å². The Hall–Kier alpha value is -1.97. The van der Waals surface area contributed by atoms with Gasteiger partial charge in [-0.1, -0.05) is 12.1 Å². The Morgan fingerprint density at radius 3 is 2.67 bits per heavy atom. The Kier molecular flexibility index (Phi) is 3.55. The maximum Gasteiger partial charge on any atom is 0.133 e. The summed E-state index contributed by atoms with van der Waals surface area (Å²) < 4.78 is 13.3. The topological polar surface area (TPSA) is 37.8 Å². The van der Waals surface area contributed by atoms with Crippen molar-refractivity contribution >= 4 is 5.82 Å². The first kappa shape index (κ1) is 12.5. The average Bonchev–Trinajstić information content (AvgIpc) is 2.33. The van der Waals surface area contributed by atoms with Crippen LogP contribution >= 0.6 is 0 Å². The summed E-state index contributed by atoms with van der Waals surface area (Å²) in [7, 11) is 0. The van der Waals surface area contributed by atoms with E-state index in [1.165, 1.54) is 12.1 Å². The van der Waals surface area contributed by atoms with Gasteiger partial charge in [0, 0.05) is 17.7 Å². The van der Waals surface area contributed by atoms with Crippen LogP contribution in [0.15, 0.2) is 24.3 Å². The van der Waals surface area contributed by atoms with Gasteiger partial charge < -0.3 is 5.32 Å². The quantitative estimate of drug-likeness (QED) is 0.901. The van der Waals surface area contributed by atoms with Crippen LogP contribution in [0.1, 0.15) is 18.3 Å². The van der Waals surface area contributed by atoms with Gasteiger partial charge in [0.25, 0.3) is 0 Å². The monoisotopic (exact) mass is 245 g/mol. The molecule has 0 saturated heterocycles. The molecule has 18 heavy (non-hydrogen) atoms. The molecule has 0 radical (unpaired) electrons. The minimum absolute atomic E-state index is 0.256. The molecule has 0 bridgehead atoms. The molecule has 2 aromatic rings. The van der Waals surface area contributed by atoms with Crippen molar-refractivity contribution in [1.29, 1.82) is 0 Å². The van der Waals surface area contributed by atoms with E-state index in [-0.39, 0.29) is 5.82 Å². The molecule has 2 rings (SSSR count). The summed E-state index contributed by atoms with van der Waals surface area (Å²) in [5.74, 6) is 1.23. The minimum atomic E-state index is -0.256. The van der Waals surface area contributed by atoms with Crippen molar-refractivity contribution in [2.45, 2.75) is 20.8 Å². The first-order valence-corrected chi connectivity index (χ1v) is 5.97. The maximum atomic E-state index is 13.3. The van der Waals surface area contributed by atoms with E-state index in [0.717, 1.165) is 29.2 Å². The summed E-state index contributed by atoms with van der Waals surface area (Å²) in [5.41, 5.74) is 2.49. The third-order valence-electron chi connectivity index (χ3n) is 2.70. The number of nitrogens with one attached hydrogen (secondary N) is 1. The van der Waals surface area contributed by atoms with Crippen LogP contribution in [0.4, 0.5) is 10.2 Å². The zero-order chi connectivity index (χ0) is 13.1. The molecule has 1 aromatic heterocycles. The van der Waals surface area contributed by atoms with Crippen LogP contribution in [0.3, 0.4) is 0 Å². The third-order valence-corrected chi connectivity index (χ3v) is 2.70. The van der Waals surface area contributed by atoms with Crippen LogP contribution in [-0.2, 0) is 0 Å². The number of anilines is 1. The first-order chi connectivity index (χ1) is 8.61. The van der Waals surface area contributed by atoms with Crippen LogP contribution < -0.4 is 5.32 Å². The van der Waals surface area contributed by atoms with Crippen molar-refractivity contribution in [3.8, 4) is 11.3 Å². The normalized spacial score (nSPS) is 10.4. The lowest BCUT2D eigenvalue weighted by atomic mass is 10.1. The van der Waals surface area contributed by atoms with Gasteiger partial charge in [-0.25, -0.2) is 14.4 Å². The van der Waals surface area contributed by atoms with Crippen molar-refractivity contribution in [1.82, 2.24) is 9.97 Å². The summed E-state index contributed by atoms with van der Waals surface area (Å²) in [4.78, 5) is 8.76. The summed E-state index contributed by atoms with van der Waals surface area (Å²) in [6, 6.07) is 6.46. The SMILES string of the molecule is CCNc1nc(C)nc(-c2cccc(F)c2)c1C. The molecule has 0 aliphatic rings. The molecule has 0 amide bonds. The molecule has 0 atom stereocenters. The predicted octanol–water partition coefficient (Wildman–Crippen LogP) is 3.33. The summed E-state index contributed by atoms with van der Waals surface area (Å²) >= 11 is 0. The van der Waals surface area contributed by atoms with E-state index in [9.17, 15) is 4.39 Å². The molecule has 0 unspecified atom stereocenters. The van der Waals surface area contributed by atoms with Crippen molar-refractivity contribution in [2.75, 3.05) is 11.9 Å². The van der Waals surface area contributed by atoms with Gasteiger partial charge in [-0.05, 0) is 32.9 Å². The van der Waals surface area contributed by atoms with Crippen LogP contribution in [-0.4, -0.2) is 16.5 Å². The van der Waals surface area contributed by atoms with E-state index in [0.29, 0.717) is 5.82 Å². The fourth-order valence-electron chi connectivity index (χ4n) is 1.88. The lowest BCUT2D eigenvalue weighted by Crippen LogP contribution is -2.06. The highest BCUT2D eigenvalue weighted by Crippen LogP contribution is 2.26. The van der Waals surface area contributed by atoms with Crippen molar-refractivity contribution in [3.63, 3.8) is 0 Å². The number of nitrogens with zero attached hydrogens (tertiary/aromatic N) is 2. The molecule has 4 heteroatoms. The smallest absolute Gasteiger partial charge is 0.133 e. The molecule has 0 aliphatic heterocycles. The van der Waals surface area contributed by atoms with Crippen molar-refractivity contribution in [3.05, 3.63) is 41.5 Å². The zero-order valence-corrected chi connectivity index (χ0v) is 10.8. The van der Waals surface area contributed by atoms with Gasteiger partial charge in [0.2, 0.25) is 0 Å². The molecule has 1 heterocycles. The second-order valence-electron chi connectivity index (χ2n) is 4.13. The van der Waals surface area contributed by atoms with Gasteiger partial charge in [-0.2, -0.15) is 0 Å². The summed E-state index contributed by atoms with van der Waals surface area (Å²) in [5, 5.41) is 3.20. The Balaban J connectivity index is 2.56. The first-order valence-electron chi connectivity index (χ1n) is 5.97. The molecule has 0 aliphatic carbocycles. The third kappa shape index (κ3) is 2.47. The molecule has 94 valence electrons. The van der Waals surface area contributed by atoms with Gasteiger partial charge in [-0.3, -0.25) is 0 Å². The highest BCUT2D eigenvalue weighted by atomic mass is 19.1. The molecule has 0 spiro atoms. The van der Waals surface area contributed by atoms with Gasteiger partial charge in [0.15, 0.2) is 0 Å². The predicted molar refractivity (Wildman–Crippen MR) is 71.1 cm³/mol. The number of aromatic nitrogens is 2. The zero-order valence-electron chi connectivity index (χ0n) is 10.8. The molecule has 3 nitrogen and oxygen atoms in total. The number of aryl methyl sites for hydroxylation is 1. The second kappa shape index (κ2) is 5.12. The number of hydrogen-bond donors (Lipinski definition) is 1. The maximum absolute atomic E-state index is 13.3. The van der Waals surface area contributed by atoms with Crippen LogP contribution in [0.25, 0.3) is 11.3 Å². The van der Waals surface area contributed by atoms with Gasteiger partial charge in [0.05, 0.1) is 5.69 Å². The molecule has 0 fully saturated rings. The Morgan fingerprint density at radius 2 is 2.00 bits per heavy atom. The van der Waals surface area contributed by atoms with Gasteiger partial charge in [-0.15, -0.1) is 0 Å². The molecule has 1 N–H and O–H groups in total. The van der Waals surface area contributed by atoms with E-state index in [4.69, 9.17) is 0 Å². The summed E-state index contributed by atoms with van der Waals surface area (Å²) in [6.07, 6.45) is 0. The molecular formula is C14H16FN3. The Bertz CT molecular complexity index is 567.